The van der Waals surface area contributed by atoms with E-state index in [0.29, 0.717) is 24.5 Å². The van der Waals surface area contributed by atoms with Gasteiger partial charge in [-0.1, -0.05) is 12.1 Å². The standard InChI is InChI=1S/C14H12ClN3O3/c15-13-16-5-3-10(17-13)8-1-2-9-11(18-14(19)20)4-6-21-12(9)7-8/h1-3,5,7,11,18H,4,6H2,(H,19,20). The Hall–Kier alpha value is -2.34. The Morgan fingerprint density at radius 3 is 3.05 bits per heavy atom. The number of rotatable bonds is 2. The number of carboxylic acid groups (broad SMARTS) is 1. The van der Waals surface area contributed by atoms with Gasteiger partial charge in [0.25, 0.3) is 0 Å². The second-order valence-electron chi connectivity index (χ2n) is 4.60. The molecule has 7 heteroatoms. The minimum Gasteiger partial charge on any atom is -0.493 e. The molecule has 0 saturated carbocycles. The number of benzene rings is 1. The molecular weight excluding hydrogens is 294 g/mol. The van der Waals surface area contributed by atoms with Crippen LogP contribution in [-0.2, 0) is 0 Å². The molecule has 1 unspecified atom stereocenters. The zero-order valence-electron chi connectivity index (χ0n) is 10.9. The minimum atomic E-state index is -1.04. The fourth-order valence-corrected chi connectivity index (χ4v) is 2.49. The number of aromatic nitrogens is 2. The lowest BCUT2D eigenvalue weighted by molar-refractivity contribution is 0.182. The van der Waals surface area contributed by atoms with Crippen molar-refractivity contribution in [3.05, 3.63) is 41.3 Å². The topological polar surface area (TPSA) is 84.3 Å². The SMILES string of the molecule is O=C(O)NC1CCOc2cc(-c3ccnc(Cl)n3)ccc21. The number of nitrogens with zero attached hydrogens (tertiary/aromatic N) is 2. The molecule has 2 N–H and O–H groups in total. The molecule has 108 valence electrons. The molecule has 6 nitrogen and oxygen atoms in total. The van der Waals surface area contributed by atoms with Crippen molar-refractivity contribution in [3.8, 4) is 17.0 Å². The quantitative estimate of drug-likeness (QED) is 0.833. The van der Waals surface area contributed by atoms with Gasteiger partial charge in [0.05, 0.1) is 18.3 Å². The van der Waals surface area contributed by atoms with Crippen molar-refractivity contribution in [3.63, 3.8) is 0 Å². The van der Waals surface area contributed by atoms with Gasteiger partial charge >= 0.3 is 6.09 Å². The predicted octanol–water partition coefficient (Wildman–Crippen LogP) is 2.89. The van der Waals surface area contributed by atoms with Gasteiger partial charge < -0.3 is 15.2 Å². The highest BCUT2D eigenvalue weighted by atomic mass is 35.5. The molecule has 0 aliphatic carbocycles. The highest BCUT2D eigenvalue weighted by Gasteiger charge is 2.23. The molecule has 1 atom stereocenters. The summed E-state index contributed by atoms with van der Waals surface area (Å²) in [5.41, 5.74) is 2.36. The third kappa shape index (κ3) is 2.90. The largest absolute Gasteiger partial charge is 0.493 e. The van der Waals surface area contributed by atoms with Gasteiger partial charge in [-0.2, -0.15) is 0 Å². The normalized spacial score (nSPS) is 16.7. The van der Waals surface area contributed by atoms with Crippen LogP contribution < -0.4 is 10.1 Å². The Labute approximate surface area is 125 Å². The van der Waals surface area contributed by atoms with Gasteiger partial charge in [-0.05, 0) is 23.7 Å². The van der Waals surface area contributed by atoms with Crippen molar-refractivity contribution in [1.82, 2.24) is 15.3 Å². The van der Waals surface area contributed by atoms with Crippen molar-refractivity contribution in [2.75, 3.05) is 6.61 Å². The fraction of sp³-hybridized carbons (Fsp3) is 0.214. The molecule has 1 amide bonds. The van der Waals surface area contributed by atoms with E-state index in [2.05, 4.69) is 15.3 Å². The number of carbonyl (C=O) groups is 1. The molecule has 0 saturated heterocycles. The van der Waals surface area contributed by atoms with Crippen LogP contribution >= 0.6 is 11.6 Å². The number of halogens is 1. The Bertz CT molecular complexity index is 693. The lowest BCUT2D eigenvalue weighted by Gasteiger charge is -2.26. The number of nitrogens with one attached hydrogen (secondary N) is 1. The van der Waals surface area contributed by atoms with E-state index in [4.69, 9.17) is 21.4 Å². The van der Waals surface area contributed by atoms with E-state index in [-0.39, 0.29) is 11.3 Å². The van der Waals surface area contributed by atoms with Crippen LogP contribution in [0.2, 0.25) is 5.28 Å². The lowest BCUT2D eigenvalue weighted by atomic mass is 9.98. The van der Waals surface area contributed by atoms with Gasteiger partial charge in [0.2, 0.25) is 5.28 Å². The molecule has 2 aromatic rings. The molecule has 1 aromatic carbocycles. The summed E-state index contributed by atoms with van der Waals surface area (Å²) in [5.74, 6) is 0.659. The Morgan fingerprint density at radius 1 is 1.43 bits per heavy atom. The summed E-state index contributed by atoms with van der Waals surface area (Å²) in [6.07, 6.45) is 1.15. The number of ether oxygens (including phenoxy) is 1. The first kappa shape index (κ1) is 13.6. The number of hydrogen-bond donors (Lipinski definition) is 2. The third-order valence-corrected chi connectivity index (χ3v) is 3.45. The molecule has 3 rings (SSSR count). The molecule has 1 aliphatic rings. The van der Waals surface area contributed by atoms with Gasteiger partial charge in [0, 0.05) is 23.7 Å². The van der Waals surface area contributed by atoms with E-state index < -0.39 is 6.09 Å². The van der Waals surface area contributed by atoms with Crippen LogP contribution in [-0.4, -0.2) is 27.8 Å². The molecular formula is C14H12ClN3O3. The van der Waals surface area contributed by atoms with E-state index in [1.54, 1.807) is 12.3 Å². The van der Waals surface area contributed by atoms with E-state index in [9.17, 15) is 4.79 Å². The van der Waals surface area contributed by atoms with E-state index in [1.165, 1.54) is 0 Å². The third-order valence-electron chi connectivity index (χ3n) is 3.27. The second-order valence-corrected chi connectivity index (χ2v) is 4.94. The molecule has 0 fully saturated rings. The minimum absolute atomic E-state index is 0.177. The summed E-state index contributed by atoms with van der Waals surface area (Å²) in [7, 11) is 0. The van der Waals surface area contributed by atoms with Gasteiger partial charge in [0.1, 0.15) is 5.75 Å². The number of hydrogen-bond acceptors (Lipinski definition) is 4. The summed E-state index contributed by atoms with van der Waals surface area (Å²) in [6.45, 7) is 0.464. The van der Waals surface area contributed by atoms with Crippen molar-refractivity contribution in [1.29, 1.82) is 0 Å². The molecule has 0 bridgehead atoms. The maximum Gasteiger partial charge on any atom is 0.405 e. The summed E-state index contributed by atoms with van der Waals surface area (Å²) in [6, 6.07) is 7.05. The Morgan fingerprint density at radius 2 is 2.29 bits per heavy atom. The molecule has 1 aromatic heterocycles. The van der Waals surface area contributed by atoms with Gasteiger partial charge in [0.15, 0.2) is 0 Å². The first-order chi connectivity index (χ1) is 10.1. The molecule has 0 radical (unpaired) electrons. The first-order valence-corrected chi connectivity index (χ1v) is 6.76. The highest BCUT2D eigenvalue weighted by molar-refractivity contribution is 6.28. The van der Waals surface area contributed by atoms with Gasteiger partial charge in [-0.25, -0.2) is 14.8 Å². The van der Waals surface area contributed by atoms with Gasteiger partial charge in [-0.15, -0.1) is 0 Å². The zero-order valence-corrected chi connectivity index (χ0v) is 11.7. The van der Waals surface area contributed by atoms with Crippen LogP contribution in [0.4, 0.5) is 4.79 Å². The smallest absolute Gasteiger partial charge is 0.405 e. The molecule has 1 aliphatic heterocycles. The first-order valence-electron chi connectivity index (χ1n) is 6.38. The monoisotopic (exact) mass is 305 g/mol. The zero-order chi connectivity index (χ0) is 14.8. The van der Waals surface area contributed by atoms with Crippen LogP contribution in [0.3, 0.4) is 0 Å². The Kier molecular flexibility index (Phi) is 3.62. The van der Waals surface area contributed by atoms with Crippen molar-refractivity contribution in [2.24, 2.45) is 0 Å². The molecule has 0 spiro atoms. The summed E-state index contributed by atoms with van der Waals surface area (Å²) < 4.78 is 5.62. The second kappa shape index (κ2) is 5.57. The van der Waals surface area contributed by atoms with Crippen LogP contribution in [0.5, 0.6) is 5.75 Å². The number of amides is 1. The summed E-state index contributed by atoms with van der Waals surface area (Å²) >= 11 is 5.79. The predicted molar refractivity (Wildman–Crippen MR) is 76.5 cm³/mol. The molecule has 21 heavy (non-hydrogen) atoms. The van der Waals surface area contributed by atoms with Crippen molar-refractivity contribution in [2.45, 2.75) is 12.5 Å². The van der Waals surface area contributed by atoms with E-state index in [0.717, 1.165) is 11.1 Å². The fourth-order valence-electron chi connectivity index (χ4n) is 2.34. The average molecular weight is 306 g/mol. The van der Waals surface area contributed by atoms with Crippen LogP contribution in [0.15, 0.2) is 30.5 Å². The van der Waals surface area contributed by atoms with E-state index in [1.807, 2.05) is 18.2 Å². The van der Waals surface area contributed by atoms with Crippen molar-refractivity contribution >= 4 is 17.7 Å². The van der Waals surface area contributed by atoms with E-state index >= 15 is 0 Å². The van der Waals surface area contributed by atoms with Crippen LogP contribution in [0.25, 0.3) is 11.3 Å². The highest BCUT2D eigenvalue weighted by Crippen LogP contribution is 2.35. The van der Waals surface area contributed by atoms with Crippen LogP contribution in [0, 0.1) is 0 Å². The van der Waals surface area contributed by atoms with Crippen molar-refractivity contribution < 1.29 is 14.6 Å². The molecule has 2 heterocycles. The summed E-state index contributed by atoms with van der Waals surface area (Å²) in [4.78, 5) is 18.8. The van der Waals surface area contributed by atoms with Crippen LogP contribution in [0.1, 0.15) is 18.0 Å². The summed E-state index contributed by atoms with van der Waals surface area (Å²) in [5, 5.41) is 11.5. The maximum atomic E-state index is 10.8. The Balaban J connectivity index is 1.96. The number of fused-ring (bicyclic) bond motifs is 1. The lowest BCUT2D eigenvalue weighted by Crippen LogP contribution is -2.30. The maximum absolute atomic E-state index is 10.8. The van der Waals surface area contributed by atoms with Gasteiger partial charge in [-0.3, -0.25) is 0 Å². The average Bonchev–Trinajstić information content (AvgIpc) is 2.46.